The van der Waals surface area contributed by atoms with E-state index in [0.717, 1.165) is 16.9 Å². The van der Waals surface area contributed by atoms with Crippen molar-refractivity contribution in [1.29, 1.82) is 5.41 Å². The first-order chi connectivity index (χ1) is 13.1. The van der Waals surface area contributed by atoms with Crippen LogP contribution in [0.3, 0.4) is 0 Å². The number of amidine groups is 1. The number of hydrogen-bond acceptors (Lipinski definition) is 4. The van der Waals surface area contributed by atoms with Gasteiger partial charge in [-0.2, -0.15) is 0 Å². The van der Waals surface area contributed by atoms with E-state index in [2.05, 4.69) is 24.9 Å². The molecule has 2 heterocycles. The van der Waals surface area contributed by atoms with E-state index in [1.54, 1.807) is 0 Å². The van der Waals surface area contributed by atoms with Crippen molar-refractivity contribution in [3.63, 3.8) is 0 Å². The highest BCUT2D eigenvalue weighted by Gasteiger charge is 2.32. The van der Waals surface area contributed by atoms with Crippen LogP contribution in [0.25, 0.3) is 16.8 Å². The summed E-state index contributed by atoms with van der Waals surface area (Å²) < 4.78 is 0. The van der Waals surface area contributed by atoms with Crippen LogP contribution in [0.5, 0.6) is 0 Å². The number of aromatic nitrogens is 1. The van der Waals surface area contributed by atoms with Gasteiger partial charge in [-0.15, -0.1) is 11.3 Å². The minimum absolute atomic E-state index is 0.201. The van der Waals surface area contributed by atoms with E-state index in [-0.39, 0.29) is 5.76 Å². The van der Waals surface area contributed by atoms with Gasteiger partial charge in [-0.25, -0.2) is 4.98 Å². The van der Waals surface area contributed by atoms with Crippen molar-refractivity contribution in [3.05, 3.63) is 76.3 Å². The Balaban J connectivity index is 1.67. The maximum atomic E-state index is 10.6. The average molecular weight is 375 g/mol. The van der Waals surface area contributed by atoms with Crippen LogP contribution in [0.4, 0.5) is 5.69 Å². The van der Waals surface area contributed by atoms with Crippen LogP contribution < -0.4 is 4.90 Å². The molecule has 0 saturated carbocycles. The van der Waals surface area contributed by atoms with Crippen molar-refractivity contribution < 1.29 is 5.11 Å². The van der Waals surface area contributed by atoms with E-state index in [0.29, 0.717) is 28.9 Å². The van der Waals surface area contributed by atoms with Gasteiger partial charge in [0.2, 0.25) is 0 Å². The summed E-state index contributed by atoms with van der Waals surface area (Å²) in [7, 11) is 0. The summed E-state index contributed by atoms with van der Waals surface area (Å²) >= 11 is 1.46. The summed E-state index contributed by atoms with van der Waals surface area (Å²) in [5.41, 5.74) is 4.57. The third kappa shape index (κ3) is 3.15. The molecule has 3 aromatic rings. The number of para-hydroxylation sites is 1. The number of thiazole rings is 1. The quantitative estimate of drug-likeness (QED) is 0.615. The third-order valence-electron chi connectivity index (χ3n) is 4.74. The zero-order valence-corrected chi connectivity index (χ0v) is 16.1. The molecule has 4 nitrogen and oxygen atoms in total. The smallest absolute Gasteiger partial charge is 0.139 e. The van der Waals surface area contributed by atoms with Gasteiger partial charge < -0.3 is 10.0 Å². The van der Waals surface area contributed by atoms with Crippen molar-refractivity contribution >= 4 is 28.4 Å². The number of aliphatic hydroxyl groups is 1. The number of anilines is 1. The Labute approximate surface area is 163 Å². The van der Waals surface area contributed by atoms with Gasteiger partial charge in [0.05, 0.1) is 17.8 Å². The van der Waals surface area contributed by atoms with Crippen molar-refractivity contribution in [3.8, 4) is 11.3 Å². The third-order valence-corrected chi connectivity index (χ3v) is 5.60. The summed E-state index contributed by atoms with van der Waals surface area (Å²) in [6, 6.07) is 18.0. The predicted molar refractivity (Wildman–Crippen MR) is 113 cm³/mol. The van der Waals surface area contributed by atoms with E-state index < -0.39 is 0 Å². The van der Waals surface area contributed by atoms with Crippen molar-refractivity contribution in [2.24, 2.45) is 0 Å². The first-order valence-corrected chi connectivity index (χ1v) is 9.83. The monoisotopic (exact) mass is 375 g/mol. The Hall–Kier alpha value is -2.92. The van der Waals surface area contributed by atoms with Crippen molar-refractivity contribution in [2.45, 2.75) is 19.8 Å². The van der Waals surface area contributed by atoms with Crippen LogP contribution in [-0.4, -0.2) is 22.5 Å². The lowest BCUT2D eigenvalue weighted by molar-refractivity contribution is 0.411. The fraction of sp³-hybridized carbons (Fsp3) is 0.182. The summed E-state index contributed by atoms with van der Waals surface area (Å²) in [6.07, 6.45) is 0. The molecule has 0 radical (unpaired) electrons. The molecule has 0 bridgehead atoms. The summed E-state index contributed by atoms with van der Waals surface area (Å²) in [5, 5.41) is 22.0. The van der Waals surface area contributed by atoms with Crippen LogP contribution in [0.2, 0.25) is 0 Å². The number of hydrogen-bond donors (Lipinski definition) is 2. The molecule has 2 N–H and O–H groups in total. The minimum atomic E-state index is 0.201. The molecule has 27 heavy (non-hydrogen) atoms. The predicted octanol–water partition coefficient (Wildman–Crippen LogP) is 5.70. The van der Waals surface area contributed by atoms with Gasteiger partial charge >= 0.3 is 0 Å². The largest absolute Gasteiger partial charge is 0.510 e. The molecule has 2 aromatic carbocycles. The molecule has 0 atom stereocenters. The van der Waals surface area contributed by atoms with Crippen LogP contribution in [-0.2, 0) is 0 Å². The van der Waals surface area contributed by atoms with Gasteiger partial charge in [0, 0.05) is 16.6 Å². The average Bonchev–Trinajstić information content (AvgIpc) is 3.27. The van der Waals surface area contributed by atoms with Gasteiger partial charge in [-0.3, -0.25) is 5.41 Å². The Bertz CT molecular complexity index is 1020. The fourth-order valence-electron chi connectivity index (χ4n) is 3.36. The molecule has 5 heteroatoms. The summed E-state index contributed by atoms with van der Waals surface area (Å²) in [4.78, 5) is 6.55. The molecule has 0 amide bonds. The molecule has 0 fully saturated rings. The van der Waals surface area contributed by atoms with E-state index in [4.69, 9.17) is 5.41 Å². The Morgan fingerprint density at radius 2 is 1.78 bits per heavy atom. The number of nitrogens with one attached hydrogen (secondary N) is 1. The first kappa shape index (κ1) is 17.5. The van der Waals surface area contributed by atoms with Crippen LogP contribution >= 0.6 is 11.3 Å². The summed E-state index contributed by atoms with van der Waals surface area (Å²) in [6.45, 7) is 4.58. The Morgan fingerprint density at radius 1 is 1.07 bits per heavy atom. The summed E-state index contributed by atoms with van der Waals surface area (Å²) in [5.74, 6) is 0.840. The maximum Gasteiger partial charge on any atom is 0.139 e. The molecule has 0 aliphatic carbocycles. The first-order valence-electron chi connectivity index (χ1n) is 8.95. The zero-order chi connectivity index (χ0) is 19.0. The Kier molecular flexibility index (Phi) is 4.54. The Morgan fingerprint density at radius 3 is 2.52 bits per heavy atom. The number of rotatable bonds is 4. The second kappa shape index (κ2) is 7.00. The van der Waals surface area contributed by atoms with Gasteiger partial charge in [-0.05, 0) is 17.5 Å². The highest BCUT2D eigenvalue weighted by atomic mass is 32.1. The molecule has 0 spiro atoms. The molecule has 1 aliphatic heterocycles. The number of benzene rings is 2. The lowest BCUT2D eigenvalue weighted by atomic mass is 10.0. The number of nitrogens with zero attached hydrogens (tertiary/aromatic N) is 2. The van der Waals surface area contributed by atoms with Crippen LogP contribution in [0.1, 0.15) is 30.3 Å². The standard InChI is InChI=1S/C22H21N3OS/c1-14(2)16-10-6-7-11-18(16)25-12-19(26)20(21(25)23)22-24-17(13-27-22)15-8-4-3-5-9-15/h3-11,13-14,23,26H,12H2,1-2H3. The van der Waals surface area contributed by atoms with Gasteiger partial charge in [0.1, 0.15) is 16.6 Å². The molecule has 0 unspecified atom stereocenters. The normalized spacial score (nSPS) is 14.5. The maximum absolute atomic E-state index is 10.6. The molecule has 1 aromatic heterocycles. The highest BCUT2D eigenvalue weighted by molar-refractivity contribution is 7.11. The second-order valence-electron chi connectivity index (χ2n) is 6.87. The lowest BCUT2D eigenvalue weighted by Gasteiger charge is -2.23. The SMILES string of the molecule is CC(C)c1ccccc1N1CC(O)=C(c2nc(-c3ccccc3)cs2)C1=N. The second-order valence-corrected chi connectivity index (χ2v) is 7.73. The molecule has 0 saturated heterocycles. The van der Waals surface area contributed by atoms with Crippen LogP contribution in [0, 0.1) is 5.41 Å². The van der Waals surface area contributed by atoms with Crippen LogP contribution in [0.15, 0.2) is 65.7 Å². The molecular formula is C22H21N3OS. The molecule has 136 valence electrons. The molecule has 4 rings (SSSR count). The van der Waals surface area contributed by atoms with E-state index in [1.165, 1.54) is 16.9 Å². The lowest BCUT2D eigenvalue weighted by Crippen LogP contribution is -2.27. The topological polar surface area (TPSA) is 60.2 Å². The number of aliphatic hydroxyl groups excluding tert-OH is 1. The molecular weight excluding hydrogens is 354 g/mol. The van der Waals surface area contributed by atoms with Crippen molar-refractivity contribution in [2.75, 3.05) is 11.4 Å². The fourth-order valence-corrected chi connectivity index (χ4v) is 4.26. The van der Waals surface area contributed by atoms with Gasteiger partial charge in [0.15, 0.2) is 0 Å². The minimum Gasteiger partial charge on any atom is -0.510 e. The van der Waals surface area contributed by atoms with Gasteiger partial charge in [0.25, 0.3) is 0 Å². The molecule has 1 aliphatic rings. The van der Waals surface area contributed by atoms with E-state index >= 15 is 0 Å². The highest BCUT2D eigenvalue weighted by Crippen LogP contribution is 2.37. The van der Waals surface area contributed by atoms with E-state index in [9.17, 15) is 5.11 Å². The zero-order valence-electron chi connectivity index (χ0n) is 15.3. The van der Waals surface area contributed by atoms with Crippen molar-refractivity contribution in [1.82, 2.24) is 4.98 Å². The van der Waals surface area contributed by atoms with Gasteiger partial charge in [-0.1, -0.05) is 62.4 Å². The van der Waals surface area contributed by atoms with E-state index in [1.807, 2.05) is 58.8 Å².